The molecule has 0 aliphatic rings. The van der Waals surface area contributed by atoms with Crippen LogP contribution in [-0.2, 0) is 26.4 Å². The topological polar surface area (TPSA) is 137 Å². The standard InChI is InChI=1S/C18H23N5O4S2/c1-11-12(2)21-18(19)16-17(11)23(13(3)22-16)10-9-20-29(26,27)15-7-5-14(6-8-15)28(4,24)25/h5-8,20H,9-10H2,1-4H3,(H2,19,21). The average Bonchev–Trinajstić information content (AvgIpc) is 2.96. The number of hydrogen-bond acceptors (Lipinski definition) is 7. The number of benzene rings is 1. The lowest BCUT2D eigenvalue weighted by Gasteiger charge is -2.12. The minimum Gasteiger partial charge on any atom is -0.382 e. The Kier molecular flexibility index (Phi) is 5.41. The zero-order chi connectivity index (χ0) is 21.6. The van der Waals surface area contributed by atoms with Gasteiger partial charge in [-0.3, -0.25) is 0 Å². The average molecular weight is 438 g/mol. The monoisotopic (exact) mass is 437 g/mol. The maximum Gasteiger partial charge on any atom is 0.240 e. The van der Waals surface area contributed by atoms with Crippen LogP contribution in [0.1, 0.15) is 17.1 Å². The summed E-state index contributed by atoms with van der Waals surface area (Å²) in [6.45, 7) is 6.10. The van der Waals surface area contributed by atoms with E-state index >= 15 is 0 Å². The summed E-state index contributed by atoms with van der Waals surface area (Å²) in [6, 6.07) is 5.10. The Bertz CT molecular complexity index is 1290. The van der Waals surface area contributed by atoms with E-state index in [9.17, 15) is 16.8 Å². The van der Waals surface area contributed by atoms with Gasteiger partial charge < -0.3 is 10.3 Å². The van der Waals surface area contributed by atoms with Gasteiger partial charge in [-0.25, -0.2) is 31.5 Å². The molecule has 0 aliphatic heterocycles. The van der Waals surface area contributed by atoms with Gasteiger partial charge in [0.1, 0.15) is 11.3 Å². The second-order valence-electron chi connectivity index (χ2n) is 6.86. The van der Waals surface area contributed by atoms with Gasteiger partial charge in [0, 0.05) is 25.0 Å². The highest BCUT2D eigenvalue weighted by molar-refractivity contribution is 7.90. The molecular weight excluding hydrogens is 414 g/mol. The second kappa shape index (κ2) is 7.39. The van der Waals surface area contributed by atoms with E-state index in [1.165, 1.54) is 24.3 Å². The molecule has 0 atom stereocenters. The first-order valence-electron chi connectivity index (χ1n) is 8.81. The summed E-state index contributed by atoms with van der Waals surface area (Å²) in [7, 11) is -7.17. The number of pyridine rings is 1. The molecule has 11 heteroatoms. The molecule has 0 radical (unpaired) electrons. The molecule has 0 saturated carbocycles. The van der Waals surface area contributed by atoms with Crippen LogP contribution in [0.2, 0.25) is 0 Å². The lowest BCUT2D eigenvalue weighted by molar-refractivity contribution is 0.572. The van der Waals surface area contributed by atoms with E-state index in [2.05, 4.69) is 14.7 Å². The Hall–Kier alpha value is -2.50. The fraction of sp³-hybridized carbons (Fsp3) is 0.333. The molecule has 3 rings (SSSR count). The Balaban J connectivity index is 1.82. The normalized spacial score (nSPS) is 12.6. The number of aromatic nitrogens is 3. The lowest BCUT2D eigenvalue weighted by Crippen LogP contribution is -2.27. The first-order valence-corrected chi connectivity index (χ1v) is 12.2. The van der Waals surface area contributed by atoms with Crippen LogP contribution >= 0.6 is 0 Å². The van der Waals surface area contributed by atoms with Gasteiger partial charge in [0.2, 0.25) is 10.0 Å². The van der Waals surface area contributed by atoms with Crippen LogP contribution in [0.5, 0.6) is 0 Å². The van der Waals surface area contributed by atoms with Crippen molar-refractivity contribution in [3.63, 3.8) is 0 Å². The summed E-state index contributed by atoms with van der Waals surface area (Å²) < 4.78 is 52.6. The minimum atomic E-state index is -3.78. The zero-order valence-electron chi connectivity index (χ0n) is 16.6. The van der Waals surface area contributed by atoms with Gasteiger partial charge in [-0.2, -0.15) is 0 Å². The highest BCUT2D eigenvalue weighted by Crippen LogP contribution is 2.25. The number of nitrogen functional groups attached to an aromatic ring is 1. The number of fused-ring (bicyclic) bond motifs is 1. The SMILES string of the molecule is Cc1nc(N)c2nc(C)n(CCNS(=O)(=O)c3ccc(S(C)(=O)=O)cc3)c2c1C. The number of rotatable bonds is 6. The first kappa shape index (κ1) is 21.2. The number of hydrogen-bond donors (Lipinski definition) is 2. The largest absolute Gasteiger partial charge is 0.382 e. The van der Waals surface area contributed by atoms with E-state index < -0.39 is 19.9 Å². The van der Waals surface area contributed by atoms with Crippen molar-refractivity contribution in [2.75, 3.05) is 18.5 Å². The van der Waals surface area contributed by atoms with Gasteiger partial charge in [0.15, 0.2) is 15.7 Å². The molecule has 0 unspecified atom stereocenters. The van der Waals surface area contributed by atoms with Crippen LogP contribution in [0.15, 0.2) is 34.1 Å². The summed E-state index contributed by atoms with van der Waals surface area (Å²) in [6.07, 6.45) is 1.07. The number of anilines is 1. The molecule has 2 heterocycles. The van der Waals surface area contributed by atoms with Gasteiger partial charge in [-0.05, 0) is 50.6 Å². The molecule has 156 valence electrons. The van der Waals surface area contributed by atoms with E-state index in [4.69, 9.17) is 5.73 Å². The van der Waals surface area contributed by atoms with Crippen LogP contribution in [0.4, 0.5) is 5.82 Å². The van der Waals surface area contributed by atoms with Crippen molar-refractivity contribution < 1.29 is 16.8 Å². The molecule has 0 fully saturated rings. The van der Waals surface area contributed by atoms with Gasteiger partial charge in [-0.15, -0.1) is 0 Å². The first-order chi connectivity index (χ1) is 13.4. The van der Waals surface area contributed by atoms with E-state index in [0.717, 1.165) is 23.0 Å². The zero-order valence-corrected chi connectivity index (χ0v) is 18.2. The smallest absolute Gasteiger partial charge is 0.240 e. The summed E-state index contributed by atoms with van der Waals surface area (Å²) in [5.41, 5.74) is 9.16. The fourth-order valence-corrected chi connectivity index (χ4v) is 4.78. The Morgan fingerprint density at radius 1 is 1.00 bits per heavy atom. The third-order valence-electron chi connectivity index (χ3n) is 4.78. The molecule has 2 aromatic heterocycles. The highest BCUT2D eigenvalue weighted by Gasteiger charge is 2.18. The number of aryl methyl sites for hydroxylation is 3. The molecule has 0 saturated heterocycles. The van der Waals surface area contributed by atoms with E-state index in [1.54, 1.807) is 0 Å². The second-order valence-corrected chi connectivity index (χ2v) is 10.6. The maximum atomic E-state index is 12.5. The van der Waals surface area contributed by atoms with Crippen molar-refractivity contribution in [2.24, 2.45) is 0 Å². The van der Waals surface area contributed by atoms with E-state index in [0.29, 0.717) is 23.7 Å². The summed E-state index contributed by atoms with van der Waals surface area (Å²) in [5.74, 6) is 1.05. The van der Waals surface area contributed by atoms with Gasteiger partial charge in [0.25, 0.3) is 0 Å². The molecule has 3 aromatic rings. The minimum absolute atomic E-state index is 0.00224. The molecule has 0 aliphatic carbocycles. The quantitative estimate of drug-likeness (QED) is 0.593. The number of nitrogens with zero attached hydrogens (tertiary/aromatic N) is 3. The summed E-state index contributed by atoms with van der Waals surface area (Å²) in [5, 5.41) is 0. The molecule has 0 amide bonds. The number of imidazole rings is 1. The molecule has 1 aromatic carbocycles. The van der Waals surface area contributed by atoms with Crippen LogP contribution in [0.25, 0.3) is 11.0 Å². The molecule has 0 bridgehead atoms. The summed E-state index contributed by atoms with van der Waals surface area (Å²) >= 11 is 0. The third-order valence-corrected chi connectivity index (χ3v) is 7.38. The molecular formula is C18H23N5O4S2. The van der Waals surface area contributed by atoms with E-state index in [1.807, 2.05) is 25.3 Å². The molecule has 0 spiro atoms. The Morgan fingerprint density at radius 2 is 1.59 bits per heavy atom. The van der Waals surface area contributed by atoms with Crippen molar-refractivity contribution in [3.05, 3.63) is 41.3 Å². The van der Waals surface area contributed by atoms with Crippen molar-refractivity contribution >= 4 is 36.7 Å². The number of nitrogens with two attached hydrogens (primary N) is 1. The number of nitrogens with one attached hydrogen (secondary N) is 1. The Morgan fingerprint density at radius 3 is 2.17 bits per heavy atom. The lowest BCUT2D eigenvalue weighted by atomic mass is 10.2. The van der Waals surface area contributed by atoms with Gasteiger partial charge in [-0.1, -0.05) is 0 Å². The van der Waals surface area contributed by atoms with Gasteiger partial charge >= 0.3 is 0 Å². The summed E-state index contributed by atoms with van der Waals surface area (Å²) in [4.78, 5) is 8.81. The number of sulfone groups is 1. The van der Waals surface area contributed by atoms with Crippen molar-refractivity contribution in [3.8, 4) is 0 Å². The van der Waals surface area contributed by atoms with Crippen LogP contribution < -0.4 is 10.5 Å². The molecule has 3 N–H and O–H groups in total. The fourth-order valence-electron chi connectivity index (χ4n) is 3.13. The predicted octanol–water partition coefficient (Wildman–Crippen LogP) is 1.32. The predicted molar refractivity (Wildman–Crippen MR) is 111 cm³/mol. The molecule has 29 heavy (non-hydrogen) atoms. The van der Waals surface area contributed by atoms with Gasteiger partial charge in [0.05, 0.1) is 15.3 Å². The van der Waals surface area contributed by atoms with Crippen LogP contribution in [0, 0.1) is 20.8 Å². The Labute approximate surface area is 169 Å². The third kappa shape index (κ3) is 4.11. The highest BCUT2D eigenvalue weighted by atomic mass is 32.2. The van der Waals surface area contributed by atoms with Crippen LogP contribution in [0.3, 0.4) is 0 Å². The van der Waals surface area contributed by atoms with E-state index in [-0.39, 0.29) is 16.3 Å². The van der Waals surface area contributed by atoms with Crippen LogP contribution in [-0.4, -0.2) is 44.2 Å². The molecule has 9 nitrogen and oxygen atoms in total. The maximum absolute atomic E-state index is 12.5. The van der Waals surface area contributed by atoms with Crippen molar-refractivity contribution in [1.82, 2.24) is 19.3 Å². The number of sulfonamides is 1. The van der Waals surface area contributed by atoms with Crippen molar-refractivity contribution in [2.45, 2.75) is 37.1 Å². The van der Waals surface area contributed by atoms with Crippen molar-refractivity contribution in [1.29, 1.82) is 0 Å².